The Morgan fingerprint density at radius 3 is 2.26 bits per heavy atom. The van der Waals surface area contributed by atoms with E-state index in [0.29, 0.717) is 25.5 Å². The second-order valence-electron chi connectivity index (χ2n) is 7.26. The lowest BCUT2D eigenvalue weighted by Crippen LogP contribution is -2.49. The average molecular weight is 539 g/mol. The first kappa shape index (κ1) is 24.9. The number of hydrogen-bond acceptors (Lipinski definition) is 3. The van der Waals surface area contributed by atoms with Crippen LogP contribution in [0, 0.1) is 5.82 Å². The topological polar surface area (TPSA) is 60.0 Å². The molecule has 1 saturated heterocycles. The summed E-state index contributed by atoms with van der Waals surface area (Å²) in [6.45, 7) is 4.43. The lowest BCUT2D eigenvalue weighted by molar-refractivity contribution is -0.131. The Morgan fingerprint density at radius 2 is 1.61 bits per heavy atom. The summed E-state index contributed by atoms with van der Waals surface area (Å²) in [5.74, 6) is 0.603. The zero-order valence-corrected chi connectivity index (χ0v) is 20.2. The number of hydrogen-bond donors (Lipinski definition) is 2. The highest BCUT2D eigenvalue weighted by atomic mass is 127. The SMILES string of the molecule is CN=C(NCCC(=O)N1CCN(c2ccccc2)CC1)NCCc1ccc(F)cc1.I. The maximum Gasteiger partial charge on any atom is 0.224 e. The molecule has 0 radical (unpaired) electrons. The number of carbonyl (C=O) groups excluding carboxylic acids is 1. The van der Waals surface area contributed by atoms with Crippen LogP contribution in [0.4, 0.5) is 10.1 Å². The molecule has 1 aliphatic rings. The number of piperazine rings is 1. The fraction of sp³-hybridized carbons (Fsp3) is 0.391. The highest BCUT2D eigenvalue weighted by molar-refractivity contribution is 14.0. The van der Waals surface area contributed by atoms with Crippen LogP contribution in [0.3, 0.4) is 0 Å². The molecule has 0 saturated carbocycles. The normalized spacial score (nSPS) is 14.1. The van der Waals surface area contributed by atoms with Gasteiger partial charge in [-0.05, 0) is 36.2 Å². The minimum absolute atomic E-state index is 0. The van der Waals surface area contributed by atoms with Gasteiger partial charge in [0, 0.05) is 58.4 Å². The van der Waals surface area contributed by atoms with Crippen LogP contribution in [0.5, 0.6) is 0 Å². The van der Waals surface area contributed by atoms with E-state index in [0.717, 1.165) is 38.2 Å². The van der Waals surface area contributed by atoms with Crippen molar-refractivity contribution in [2.45, 2.75) is 12.8 Å². The molecule has 1 fully saturated rings. The highest BCUT2D eigenvalue weighted by Gasteiger charge is 2.20. The van der Waals surface area contributed by atoms with Crippen LogP contribution in [0.15, 0.2) is 59.6 Å². The number of benzene rings is 2. The van der Waals surface area contributed by atoms with Crippen LogP contribution < -0.4 is 15.5 Å². The number of nitrogens with one attached hydrogen (secondary N) is 2. The number of aliphatic imine (C=N–C) groups is 1. The third-order valence-corrected chi connectivity index (χ3v) is 5.23. The first-order chi connectivity index (χ1) is 14.7. The lowest BCUT2D eigenvalue weighted by Gasteiger charge is -2.36. The van der Waals surface area contributed by atoms with Crippen LogP contribution in [-0.4, -0.2) is 63.1 Å². The smallest absolute Gasteiger partial charge is 0.224 e. The number of amides is 1. The Bertz CT molecular complexity index is 824. The Balaban J connectivity index is 0.00000341. The van der Waals surface area contributed by atoms with Gasteiger partial charge < -0.3 is 20.4 Å². The van der Waals surface area contributed by atoms with E-state index in [1.165, 1.54) is 17.8 Å². The molecule has 31 heavy (non-hydrogen) atoms. The number of rotatable bonds is 7. The molecule has 168 valence electrons. The zero-order valence-electron chi connectivity index (χ0n) is 17.9. The molecule has 2 N–H and O–H groups in total. The number of carbonyl (C=O) groups is 1. The molecule has 6 nitrogen and oxygen atoms in total. The molecular formula is C23H31FIN5O. The fourth-order valence-electron chi connectivity index (χ4n) is 3.50. The van der Waals surface area contributed by atoms with Gasteiger partial charge in [-0.2, -0.15) is 0 Å². The Kier molecular flexibility index (Phi) is 10.6. The third-order valence-electron chi connectivity index (χ3n) is 5.23. The van der Waals surface area contributed by atoms with Gasteiger partial charge in [0.05, 0.1) is 0 Å². The van der Waals surface area contributed by atoms with Crippen molar-refractivity contribution in [1.29, 1.82) is 0 Å². The minimum Gasteiger partial charge on any atom is -0.368 e. The molecule has 8 heteroatoms. The molecule has 1 aliphatic heterocycles. The van der Waals surface area contributed by atoms with Crippen LogP contribution >= 0.6 is 24.0 Å². The third kappa shape index (κ3) is 8.01. The van der Waals surface area contributed by atoms with Gasteiger partial charge in [0.15, 0.2) is 5.96 Å². The van der Waals surface area contributed by atoms with Gasteiger partial charge >= 0.3 is 0 Å². The van der Waals surface area contributed by atoms with Crippen LogP contribution in [-0.2, 0) is 11.2 Å². The first-order valence-electron chi connectivity index (χ1n) is 10.4. The molecule has 3 rings (SSSR count). The average Bonchev–Trinajstić information content (AvgIpc) is 2.80. The van der Waals surface area contributed by atoms with E-state index >= 15 is 0 Å². The zero-order chi connectivity index (χ0) is 21.2. The van der Waals surface area contributed by atoms with Gasteiger partial charge in [0.1, 0.15) is 5.82 Å². The predicted octanol–water partition coefficient (Wildman–Crippen LogP) is 2.89. The van der Waals surface area contributed by atoms with Crippen LogP contribution in [0.1, 0.15) is 12.0 Å². The number of halogens is 2. The Morgan fingerprint density at radius 1 is 0.968 bits per heavy atom. The van der Waals surface area contributed by atoms with Gasteiger partial charge in [-0.3, -0.25) is 9.79 Å². The molecule has 0 aromatic heterocycles. The molecule has 2 aromatic carbocycles. The molecule has 0 bridgehead atoms. The largest absolute Gasteiger partial charge is 0.368 e. The van der Waals surface area contributed by atoms with Crippen LogP contribution in [0.2, 0.25) is 0 Å². The minimum atomic E-state index is -0.227. The molecule has 0 unspecified atom stereocenters. The summed E-state index contributed by atoms with van der Waals surface area (Å²) in [5.41, 5.74) is 2.27. The quantitative estimate of drug-likeness (QED) is 0.323. The van der Waals surface area contributed by atoms with Crippen molar-refractivity contribution in [3.8, 4) is 0 Å². The molecule has 0 atom stereocenters. The molecule has 2 aromatic rings. The van der Waals surface area contributed by atoms with Crippen molar-refractivity contribution in [1.82, 2.24) is 15.5 Å². The van der Waals surface area contributed by atoms with Crippen molar-refractivity contribution in [3.05, 3.63) is 66.0 Å². The van der Waals surface area contributed by atoms with Crippen LogP contribution in [0.25, 0.3) is 0 Å². The molecule has 0 spiro atoms. The Hall–Kier alpha value is -2.36. The summed E-state index contributed by atoms with van der Waals surface area (Å²) in [5, 5.41) is 6.41. The van der Waals surface area contributed by atoms with E-state index in [-0.39, 0.29) is 35.7 Å². The van der Waals surface area contributed by atoms with E-state index in [9.17, 15) is 9.18 Å². The van der Waals surface area contributed by atoms with Gasteiger partial charge in [-0.25, -0.2) is 4.39 Å². The monoisotopic (exact) mass is 539 g/mol. The maximum absolute atomic E-state index is 12.9. The fourth-order valence-corrected chi connectivity index (χ4v) is 3.50. The van der Waals surface area contributed by atoms with E-state index in [1.807, 2.05) is 23.1 Å². The van der Waals surface area contributed by atoms with E-state index in [1.54, 1.807) is 19.2 Å². The molecule has 0 aliphatic carbocycles. The summed E-state index contributed by atoms with van der Waals surface area (Å²) in [6, 6.07) is 16.8. The number of para-hydroxylation sites is 1. The van der Waals surface area contributed by atoms with Gasteiger partial charge in [0.25, 0.3) is 0 Å². The predicted molar refractivity (Wildman–Crippen MR) is 135 cm³/mol. The molecular weight excluding hydrogens is 508 g/mol. The summed E-state index contributed by atoms with van der Waals surface area (Å²) in [4.78, 5) is 21.0. The molecule has 1 amide bonds. The highest BCUT2D eigenvalue weighted by Crippen LogP contribution is 2.15. The maximum atomic E-state index is 12.9. The second-order valence-corrected chi connectivity index (χ2v) is 7.26. The first-order valence-corrected chi connectivity index (χ1v) is 10.4. The Labute approximate surface area is 200 Å². The summed E-state index contributed by atoms with van der Waals surface area (Å²) < 4.78 is 12.9. The standard InChI is InChI=1S/C23H30FN5O.HI/c1-25-23(26-13-11-19-7-9-20(24)10-8-19)27-14-12-22(30)29-17-15-28(16-18-29)21-5-3-2-4-6-21;/h2-10H,11-18H2,1H3,(H2,25,26,27);1H. The van der Waals surface area contributed by atoms with Gasteiger partial charge in [-0.1, -0.05) is 30.3 Å². The van der Waals surface area contributed by atoms with E-state index in [2.05, 4.69) is 32.7 Å². The second kappa shape index (κ2) is 13.1. The van der Waals surface area contributed by atoms with Gasteiger partial charge in [0.2, 0.25) is 5.91 Å². The van der Waals surface area contributed by atoms with Crippen molar-refractivity contribution in [2.24, 2.45) is 4.99 Å². The van der Waals surface area contributed by atoms with Crippen molar-refractivity contribution >= 4 is 41.5 Å². The van der Waals surface area contributed by atoms with E-state index in [4.69, 9.17) is 0 Å². The van der Waals surface area contributed by atoms with Crippen molar-refractivity contribution < 1.29 is 9.18 Å². The van der Waals surface area contributed by atoms with Crippen molar-refractivity contribution in [2.75, 3.05) is 51.2 Å². The summed E-state index contributed by atoms with van der Waals surface area (Å²) in [6.07, 6.45) is 1.20. The number of anilines is 1. The van der Waals surface area contributed by atoms with Crippen molar-refractivity contribution in [3.63, 3.8) is 0 Å². The summed E-state index contributed by atoms with van der Waals surface area (Å²) >= 11 is 0. The number of guanidine groups is 1. The van der Waals surface area contributed by atoms with E-state index < -0.39 is 0 Å². The summed E-state index contributed by atoms with van der Waals surface area (Å²) in [7, 11) is 1.71. The number of nitrogens with zero attached hydrogens (tertiary/aromatic N) is 3. The lowest BCUT2D eigenvalue weighted by atomic mass is 10.1. The molecule has 1 heterocycles. The van der Waals surface area contributed by atoms with Gasteiger partial charge in [-0.15, -0.1) is 24.0 Å².